The van der Waals surface area contributed by atoms with E-state index in [2.05, 4.69) is 15.4 Å². The molecule has 12 nitrogen and oxygen atoms in total. The monoisotopic (exact) mass is 561 g/mol. The van der Waals surface area contributed by atoms with Gasteiger partial charge in [-0.25, -0.2) is 26.5 Å². The molecule has 36 heavy (non-hydrogen) atoms. The first-order valence-corrected chi connectivity index (χ1v) is 14.9. The van der Waals surface area contributed by atoms with Crippen LogP contribution in [0.2, 0.25) is 5.02 Å². The third kappa shape index (κ3) is 5.37. The molecule has 0 amide bonds. The molecular weight excluding hydrogens is 534 g/mol. The summed E-state index contributed by atoms with van der Waals surface area (Å²) < 4.78 is 63.4. The molecule has 2 aliphatic rings. The number of sulfonamides is 1. The molecule has 0 spiro atoms. The molecule has 2 aromatic heterocycles. The summed E-state index contributed by atoms with van der Waals surface area (Å²) in [5, 5.41) is 6.22. The van der Waals surface area contributed by atoms with Gasteiger partial charge in [0.15, 0.2) is 14.9 Å². The van der Waals surface area contributed by atoms with Crippen LogP contribution in [0.15, 0.2) is 28.2 Å². The van der Waals surface area contributed by atoms with E-state index in [4.69, 9.17) is 21.1 Å². The Morgan fingerprint density at radius 1 is 1.28 bits per heavy atom. The van der Waals surface area contributed by atoms with Gasteiger partial charge in [0, 0.05) is 19.6 Å². The first-order chi connectivity index (χ1) is 17.0. The number of hydrogen-bond donors (Lipinski definition) is 1. The third-order valence-electron chi connectivity index (χ3n) is 6.39. The number of halogens is 1. The fourth-order valence-electron chi connectivity index (χ4n) is 4.24. The molecule has 1 atom stereocenters. The van der Waals surface area contributed by atoms with E-state index in [0.29, 0.717) is 24.3 Å². The lowest BCUT2D eigenvalue weighted by Gasteiger charge is -2.31. The lowest BCUT2D eigenvalue weighted by atomic mass is 10.1. The van der Waals surface area contributed by atoms with Crippen LogP contribution >= 0.6 is 11.6 Å². The molecule has 1 N–H and O–H groups in total. The Morgan fingerprint density at radius 2 is 2.00 bits per heavy atom. The lowest BCUT2D eigenvalue weighted by Crippen LogP contribution is -2.42. The molecule has 0 saturated carbocycles. The van der Waals surface area contributed by atoms with Crippen LogP contribution < -0.4 is 15.6 Å². The van der Waals surface area contributed by atoms with Gasteiger partial charge in [0.2, 0.25) is 0 Å². The van der Waals surface area contributed by atoms with Crippen LogP contribution in [-0.2, 0) is 24.6 Å². The average Bonchev–Trinajstić information content (AvgIpc) is 2.85. The average molecular weight is 562 g/mol. The normalized spacial score (nSPS) is 21.2. The van der Waals surface area contributed by atoms with Crippen molar-refractivity contribution in [2.75, 3.05) is 51.0 Å². The van der Waals surface area contributed by atoms with Gasteiger partial charge in [-0.2, -0.15) is 9.40 Å². The summed E-state index contributed by atoms with van der Waals surface area (Å²) in [6.45, 7) is 2.34. The van der Waals surface area contributed by atoms with Crippen LogP contribution in [0.5, 0.6) is 5.75 Å². The summed E-state index contributed by atoms with van der Waals surface area (Å²) in [5.74, 6) is 0.455. The van der Waals surface area contributed by atoms with Crippen LogP contribution in [0.4, 0.5) is 5.69 Å². The first kappa shape index (κ1) is 26.8. The maximum Gasteiger partial charge on any atom is 0.287 e. The van der Waals surface area contributed by atoms with Crippen LogP contribution in [0.25, 0.3) is 0 Å². The molecule has 0 aliphatic carbocycles. The molecular formula is C21H28ClN5O7S2. The van der Waals surface area contributed by atoms with Gasteiger partial charge >= 0.3 is 0 Å². The topological polar surface area (TPSA) is 150 Å². The van der Waals surface area contributed by atoms with Crippen molar-refractivity contribution in [1.82, 2.24) is 19.1 Å². The molecule has 2 fully saturated rings. The van der Waals surface area contributed by atoms with Gasteiger partial charge in [-0.15, -0.1) is 0 Å². The van der Waals surface area contributed by atoms with Crippen molar-refractivity contribution < 1.29 is 26.3 Å². The predicted octanol–water partition coefficient (Wildman–Crippen LogP) is 0.860. The Hall–Kier alpha value is -2.26. The van der Waals surface area contributed by atoms with Crippen LogP contribution in [-0.4, -0.2) is 86.9 Å². The first-order valence-electron chi connectivity index (χ1n) is 11.4. The SMILES string of the molecule is COc1ccc(S(=O)(=O)N2CCC(n3ncc(NC[C@H]4COCCS4(=O)=O)c(Cl)c3=O)CC2)nc1C. The van der Waals surface area contributed by atoms with Gasteiger partial charge in [-0.05, 0) is 31.9 Å². The molecule has 0 unspecified atom stereocenters. The van der Waals surface area contributed by atoms with Crippen molar-refractivity contribution in [2.45, 2.75) is 36.1 Å². The van der Waals surface area contributed by atoms with Crippen molar-refractivity contribution in [3.63, 3.8) is 0 Å². The second-order valence-corrected chi connectivity index (χ2v) is 13.3. The fourth-order valence-corrected chi connectivity index (χ4v) is 7.22. The summed E-state index contributed by atoms with van der Waals surface area (Å²) in [6.07, 6.45) is 2.11. The second kappa shape index (κ2) is 10.6. The van der Waals surface area contributed by atoms with E-state index < -0.39 is 30.7 Å². The zero-order chi connectivity index (χ0) is 26.1. The highest BCUT2D eigenvalue weighted by Gasteiger charge is 2.33. The summed E-state index contributed by atoms with van der Waals surface area (Å²) in [4.78, 5) is 17.1. The fraction of sp³-hybridized carbons (Fsp3) is 0.571. The number of piperidine rings is 1. The Balaban J connectivity index is 1.42. The van der Waals surface area contributed by atoms with E-state index >= 15 is 0 Å². The number of ether oxygens (including phenoxy) is 2. The largest absolute Gasteiger partial charge is 0.495 e. The smallest absolute Gasteiger partial charge is 0.287 e. The molecule has 0 bridgehead atoms. The number of aryl methyl sites for hydroxylation is 1. The molecule has 0 radical (unpaired) electrons. The Morgan fingerprint density at radius 3 is 2.64 bits per heavy atom. The predicted molar refractivity (Wildman–Crippen MR) is 133 cm³/mol. The highest BCUT2D eigenvalue weighted by atomic mass is 35.5. The number of nitrogens with one attached hydrogen (secondary N) is 1. The molecule has 198 valence electrons. The summed E-state index contributed by atoms with van der Waals surface area (Å²) in [5.41, 5.74) is 0.180. The molecule has 4 heterocycles. The summed E-state index contributed by atoms with van der Waals surface area (Å²) >= 11 is 6.29. The van der Waals surface area contributed by atoms with Crippen molar-refractivity contribution in [2.24, 2.45) is 0 Å². The number of aromatic nitrogens is 3. The van der Waals surface area contributed by atoms with Gasteiger partial charge < -0.3 is 14.8 Å². The molecule has 2 aromatic rings. The van der Waals surface area contributed by atoms with Crippen molar-refractivity contribution in [1.29, 1.82) is 0 Å². The number of sulfone groups is 1. The number of methoxy groups -OCH3 is 1. The third-order valence-corrected chi connectivity index (χ3v) is 10.6. The minimum Gasteiger partial charge on any atom is -0.495 e. The van der Waals surface area contributed by atoms with Crippen molar-refractivity contribution in [3.05, 3.63) is 39.4 Å². The molecule has 2 saturated heterocycles. The van der Waals surface area contributed by atoms with E-state index in [-0.39, 0.29) is 60.4 Å². The van der Waals surface area contributed by atoms with Gasteiger partial charge in [-0.3, -0.25) is 4.79 Å². The zero-order valence-corrected chi connectivity index (χ0v) is 22.3. The minimum absolute atomic E-state index is 0.0440. The Kier molecular flexibility index (Phi) is 7.90. The quantitative estimate of drug-likeness (QED) is 0.515. The van der Waals surface area contributed by atoms with Crippen molar-refractivity contribution >= 4 is 37.1 Å². The standard InChI is InChI=1S/C21H28ClN5O7S2/c1-14-18(33-2)3-4-19(25-14)36(31,32)26-7-5-15(6-8-26)27-21(28)20(22)17(12-24-27)23-11-16-13-34-9-10-35(16,29)30/h3-4,12,15-16,23H,5-11,13H2,1-2H3/t16-/m0/s1. The van der Waals surface area contributed by atoms with E-state index in [9.17, 15) is 21.6 Å². The maximum atomic E-state index is 13.1. The van der Waals surface area contributed by atoms with Gasteiger partial charge in [0.25, 0.3) is 15.6 Å². The maximum absolute atomic E-state index is 13.1. The van der Waals surface area contributed by atoms with E-state index in [0.717, 1.165) is 0 Å². The van der Waals surface area contributed by atoms with Gasteiger partial charge in [0.1, 0.15) is 16.0 Å². The van der Waals surface area contributed by atoms with E-state index in [1.165, 1.54) is 28.4 Å². The second-order valence-electron chi connectivity index (χ2n) is 8.64. The van der Waals surface area contributed by atoms with Crippen LogP contribution in [0.1, 0.15) is 24.6 Å². The van der Waals surface area contributed by atoms with E-state index in [1.54, 1.807) is 13.0 Å². The molecule has 15 heteroatoms. The Bertz CT molecular complexity index is 1390. The molecule has 2 aliphatic heterocycles. The number of rotatable bonds is 7. The van der Waals surface area contributed by atoms with E-state index in [1.807, 2.05) is 0 Å². The number of anilines is 1. The van der Waals surface area contributed by atoms with Crippen molar-refractivity contribution in [3.8, 4) is 5.75 Å². The summed E-state index contributed by atoms with van der Waals surface area (Å²) in [6, 6.07) is 2.64. The zero-order valence-electron chi connectivity index (χ0n) is 19.9. The van der Waals surface area contributed by atoms with Gasteiger partial charge in [-0.1, -0.05) is 11.6 Å². The van der Waals surface area contributed by atoms with Gasteiger partial charge in [0.05, 0.1) is 49.7 Å². The molecule has 0 aromatic carbocycles. The number of nitrogens with zero attached hydrogens (tertiary/aromatic N) is 4. The van der Waals surface area contributed by atoms with Crippen LogP contribution in [0.3, 0.4) is 0 Å². The summed E-state index contributed by atoms with van der Waals surface area (Å²) in [7, 11) is -5.60. The number of hydrogen-bond acceptors (Lipinski definition) is 10. The minimum atomic E-state index is -3.80. The number of pyridine rings is 1. The highest BCUT2D eigenvalue weighted by Crippen LogP contribution is 2.27. The lowest BCUT2D eigenvalue weighted by molar-refractivity contribution is 0.140. The Labute approximate surface area is 214 Å². The molecule has 4 rings (SSSR count). The van der Waals surface area contributed by atoms with Crippen LogP contribution in [0, 0.1) is 6.92 Å². The highest BCUT2D eigenvalue weighted by molar-refractivity contribution is 7.92.